The van der Waals surface area contributed by atoms with Gasteiger partial charge < -0.3 is 9.47 Å². The first-order valence-electron chi connectivity index (χ1n) is 8.21. The van der Waals surface area contributed by atoms with Crippen LogP contribution < -0.4 is 9.46 Å². The summed E-state index contributed by atoms with van der Waals surface area (Å²) in [6.45, 7) is 0.0837. The molecule has 0 spiro atoms. The molecule has 3 aromatic rings. The van der Waals surface area contributed by atoms with Gasteiger partial charge >= 0.3 is 5.97 Å². The van der Waals surface area contributed by atoms with Gasteiger partial charge in [0.25, 0.3) is 0 Å². The number of esters is 1. The van der Waals surface area contributed by atoms with Crippen molar-refractivity contribution in [3.63, 3.8) is 0 Å². The number of fused-ring (bicyclic) bond motifs is 1. The van der Waals surface area contributed by atoms with Gasteiger partial charge in [-0.3, -0.25) is 0 Å². The molecule has 3 rings (SSSR count). The van der Waals surface area contributed by atoms with Crippen LogP contribution in [0.15, 0.2) is 65.6 Å². The van der Waals surface area contributed by atoms with Gasteiger partial charge in [-0.25, -0.2) is 17.9 Å². The molecule has 0 aliphatic heterocycles. The van der Waals surface area contributed by atoms with Crippen LogP contribution in [0.25, 0.3) is 10.8 Å². The van der Waals surface area contributed by atoms with Crippen LogP contribution in [0, 0.1) is 0 Å². The molecule has 27 heavy (non-hydrogen) atoms. The minimum Gasteiger partial charge on any atom is -0.495 e. The lowest BCUT2D eigenvalue weighted by Crippen LogP contribution is -2.20. The normalized spacial score (nSPS) is 11.3. The van der Waals surface area contributed by atoms with Crippen LogP contribution in [-0.4, -0.2) is 28.5 Å². The Bertz CT molecular complexity index is 1090. The van der Waals surface area contributed by atoms with Crippen molar-refractivity contribution in [2.75, 3.05) is 14.2 Å². The molecule has 0 fully saturated rings. The number of carbonyl (C=O) groups excluding carboxylic acids is 1. The molecule has 3 aromatic carbocycles. The van der Waals surface area contributed by atoms with E-state index in [1.165, 1.54) is 32.4 Å². The largest absolute Gasteiger partial charge is 0.495 e. The molecular formula is C20H19NO5S. The summed E-state index contributed by atoms with van der Waals surface area (Å²) in [5.74, 6) is -0.465. The van der Waals surface area contributed by atoms with Crippen molar-refractivity contribution in [2.24, 2.45) is 0 Å². The second-order valence-electron chi connectivity index (χ2n) is 5.79. The van der Waals surface area contributed by atoms with Crippen LogP contribution in [0.3, 0.4) is 0 Å². The maximum atomic E-state index is 12.4. The highest BCUT2D eigenvalue weighted by molar-refractivity contribution is 7.89. The van der Waals surface area contributed by atoms with Gasteiger partial charge in [0.15, 0.2) is 0 Å². The first-order valence-corrected chi connectivity index (χ1v) is 9.70. The van der Waals surface area contributed by atoms with E-state index in [2.05, 4.69) is 4.72 Å². The number of carbonyl (C=O) groups is 1. The van der Waals surface area contributed by atoms with Crippen LogP contribution in [0.4, 0.5) is 0 Å². The topological polar surface area (TPSA) is 81.7 Å². The van der Waals surface area contributed by atoms with Crippen molar-refractivity contribution in [1.29, 1.82) is 0 Å². The number of methoxy groups -OCH3 is 1. The highest BCUT2D eigenvalue weighted by Crippen LogP contribution is 2.25. The van der Waals surface area contributed by atoms with E-state index in [0.29, 0.717) is 0 Å². The molecule has 0 aromatic heterocycles. The molecule has 140 valence electrons. The van der Waals surface area contributed by atoms with Crippen LogP contribution in [-0.2, 0) is 21.4 Å². The maximum absolute atomic E-state index is 12.4. The van der Waals surface area contributed by atoms with Gasteiger partial charge in [0, 0.05) is 0 Å². The fourth-order valence-electron chi connectivity index (χ4n) is 2.77. The minimum absolute atomic E-state index is 0.0837. The average Bonchev–Trinajstić information content (AvgIpc) is 2.71. The van der Waals surface area contributed by atoms with Crippen LogP contribution in [0.2, 0.25) is 0 Å². The van der Waals surface area contributed by atoms with E-state index in [1.54, 1.807) is 0 Å². The predicted octanol–water partition coefficient (Wildman–Crippen LogP) is 3.11. The Morgan fingerprint density at radius 1 is 1.04 bits per heavy atom. The lowest BCUT2D eigenvalue weighted by molar-refractivity contribution is 0.0474. The van der Waals surface area contributed by atoms with E-state index in [-0.39, 0.29) is 22.8 Å². The summed E-state index contributed by atoms with van der Waals surface area (Å²) < 4.78 is 37.0. The Labute approximate surface area is 157 Å². The molecule has 0 amide bonds. The molecule has 0 heterocycles. The lowest BCUT2D eigenvalue weighted by Gasteiger charge is -2.11. The Hall–Kier alpha value is -2.90. The van der Waals surface area contributed by atoms with Crippen LogP contribution in [0.1, 0.15) is 15.9 Å². The molecule has 0 saturated carbocycles. The molecular weight excluding hydrogens is 366 g/mol. The Morgan fingerprint density at radius 3 is 2.52 bits per heavy atom. The van der Waals surface area contributed by atoms with Crippen LogP contribution in [0.5, 0.6) is 5.75 Å². The molecule has 0 aliphatic carbocycles. The first kappa shape index (κ1) is 18.9. The summed E-state index contributed by atoms with van der Waals surface area (Å²) in [4.78, 5) is 12.3. The molecule has 6 nitrogen and oxygen atoms in total. The number of ether oxygens (including phenoxy) is 2. The lowest BCUT2D eigenvalue weighted by atomic mass is 10.1. The highest BCUT2D eigenvalue weighted by Gasteiger charge is 2.20. The van der Waals surface area contributed by atoms with Gasteiger partial charge in [-0.05, 0) is 41.6 Å². The molecule has 0 unspecified atom stereocenters. The minimum atomic E-state index is -3.78. The number of hydrogen-bond donors (Lipinski definition) is 1. The SMILES string of the molecule is CNS(=O)(=O)c1cc(C(=O)OCc2cccc3ccccc23)ccc1OC. The van der Waals surface area contributed by atoms with Gasteiger partial charge in [-0.2, -0.15) is 0 Å². The van der Waals surface area contributed by atoms with Gasteiger partial charge in [0.1, 0.15) is 17.3 Å². The Kier molecular flexibility index (Phi) is 5.43. The van der Waals surface area contributed by atoms with Crippen molar-refractivity contribution in [3.8, 4) is 5.75 Å². The van der Waals surface area contributed by atoms with E-state index in [1.807, 2.05) is 42.5 Å². The van der Waals surface area contributed by atoms with Crippen molar-refractivity contribution in [3.05, 3.63) is 71.8 Å². The zero-order chi connectivity index (χ0) is 19.4. The van der Waals surface area contributed by atoms with Crippen molar-refractivity contribution < 1.29 is 22.7 Å². The summed E-state index contributed by atoms with van der Waals surface area (Å²) in [6.07, 6.45) is 0. The quantitative estimate of drug-likeness (QED) is 0.660. The predicted molar refractivity (Wildman–Crippen MR) is 102 cm³/mol. The monoisotopic (exact) mass is 385 g/mol. The summed E-state index contributed by atoms with van der Waals surface area (Å²) in [7, 11) is -1.12. The second-order valence-corrected chi connectivity index (χ2v) is 7.64. The zero-order valence-corrected chi connectivity index (χ0v) is 15.7. The molecule has 0 saturated heterocycles. The summed E-state index contributed by atoms with van der Waals surface area (Å²) in [5.41, 5.74) is 1.00. The third-order valence-corrected chi connectivity index (χ3v) is 5.63. The zero-order valence-electron chi connectivity index (χ0n) is 14.9. The number of sulfonamides is 1. The van der Waals surface area contributed by atoms with E-state index in [9.17, 15) is 13.2 Å². The van der Waals surface area contributed by atoms with Gasteiger partial charge in [0.05, 0.1) is 12.7 Å². The number of hydrogen-bond acceptors (Lipinski definition) is 5. The van der Waals surface area contributed by atoms with Gasteiger partial charge in [-0.1, -0.05) is 42.5 Å². The first-order chi connectivity index (χ1) is 13.0. The van der Waals surface area contributed by atoms with E-state index in [4.69, 9.17) is 9.47 Å². The molecule has 0 radical (unpaired) electrons. The number of nitrogens with one attached hydrogen (secondary N) is 1. The van der Waals surface area contributed by atoms with Crippen molar-refractivity contribution >= 4 is 26.8 Å². The maximum Gasteiger partial charge on any atom is 0.338 e. The molecule has 0 bridgehead atoms. The fraction of sp³-hybridized carbons (Fsp3) is 0.150. The standard InChI is InChI=1S/C20H19NO5S/c1-21-27(23,24)19-12-15(10-11-18(19)25-2)20(22)26-13-16-8-5-7-14-6-3-4-9-17(14)16/h3-12,21H,13H2,1-2H3. The van der Waals surface area contributed by atoms with Crippen molar-refractivity contribution in [2.45, 2.75) is 11.5 Å². The smallest absolute Gasteiger partial charge is 0.338 e. The summed E-state index contributed by atoms with van der Waals surface area (Å²) in [5, 5.41) is 2.05. The van der Waals surface area contributed by atoms with E-state index in [0.717, 1.165) is 16.3 Å². The number of benzene rings is 3. The molecule has 0 atom stereocenters. The molecule has 0 aliphatic rings. The third-order valence-electron chi connectivity index (χ3n) is 4.20. The summed E-state index contributed by atoms with van der Waals surface area (Å²) >= 11 is 0. The second kappa shape index (κ2) is 7.77. The average molecular weight is 385 g/mol. The van der Waals surface area contributed by atoms with Crippen LogP contribution >= 0.6 is 0 Å². The van der Waals surface area contributed by atoms with Gasteiger partial charge in [0.2, 0.25) is 10.0 Å². The van der Waals surface area contributed by atoms with E-state index < -0.39 is 16.0 Å². The Balaban J connectivity index is 1.85. The molecule has 7 heteroatoms. The third kappa shape index (κ3) is 3.94. The number of rotatable bonds is 6. The summed E-state index contributed by atoms with van der Waals surface area (Å²) in [6, 6.07) is 17.7. The van der Waals surface area contributed by atoms with Gasteiger partial charge in [-0.15, -0.1) is 0 Å². The highest BCUT2D eigenvalue weighted by atomic mass is 32.2. The van der Waals surface area contributed by atoms with E-state index >= 15 is 0 Å². The fourth-order valence-corrected chi connectivity index (χ4v) is 3.69. The molecule has 1 N–H and O–H groups in total. The Morgan fingerprint density at radius 2 is 1.78 bits per heavy atom. The van der Waals surface area contributed by atoms with Crippen molar-refractivity contribution in [1.82, 2.24) is 4.72 Å².